The van der Waals surface area contributed by atoms with Gasteiger partial charge in [0.25, 0.3) is 0 Å². The predicted octanol–water partition coefficient (Wildman–Crippen LogP) is 4.20. The van der Waals surface area contributed by atoms with Crippen molar-refractivity contribution in [1.29, 1.82) is 0 Å². The Morgan fingerprint density at radius 3 is 2.67 bits per heavy atom. The van der Waals surface area contributed by atoms with Gasteiger partial charge < -0.3 is 0 Å². The lowest BCUT2D eigenvalue weighted by Gasteiger charge is -2.14. The van der Waals surface area contributed by atoms with E-state index >= 15 is 0 Å². The summed E-state index contributed by atoms with van der Waals surface area (Å²) in [5.41, 5.74) is 8.64. The summed E-state index contributed by atoms with van der Waals surface area (Å²) >= 11 is 3.49. The fourth-order valence-electron chi connectivity index (χ4n) is 2.61. The van der Waals surface area contributed by atoms with Crippen molar-refractivity contribution in [3.8, 4) is 0 Å². The van der Waals surface area contributed by atoms with E-state index < -0.39 is 0 Å². The van der Waals surface area contributed by atoms with E-state index in [1.165, 1.54) is 41.5 Å². The molecule has 1 aliphatic rings. The molecule has 2 rings (SSSR count). The van der Waals surface area contributed by atoms with Crippen LogP contribution in [-0.4, -0.2) is 5.33 Å². The van der Waals surface area contributed by atoms with E-state index in [9.17, 15) is 0 Å². The topological polar surface area (TPSA) is 0 Å². The summed E-state index contributed by atoms with van der Waals surface area (Å²) in [6, 6.07) is 2.31. The van der Waals surface area contributed by atoms with E-state index in [0.717, 1.165) is 5.33 Å². The van der Waals surface area contributed by atoms with E-state index in [-0.39, 0.29) is 0 Å². The average molecular weight is 265 g/mol. The van der Waals surface area contributed by atoms with Crippen molar-refractivity contribution in [3.05, 3.63) is 40.5 Å². The summed E-state index contributed by atoms with van der Waals surface area (Å²) in [5, 5.41) is 0.867. The lowest BCUT2D eigenvalue weighted by molar-refractivity contribution is 0.907. The molecule has 1 heteroatoms. The highest BCUT2D eigenvalue weighted by molar-refractivity contribution is 9.09. The maximum Gasteiger partial charge on any atom is 0.0283 e. The second kappa shape index (κ2) is 4.13. The highest BCUT2D eigenvalue weighted by atomic mass is 79.9. The van der Waals surface area contributed by atoms with Gasteiger partial charge in [-0.05, 0) is 66.5 Å². The minimum Gasteiger partial charge on any atom is -0.0944 e. The van der Waals surface area contributed by atoms with Gasteiger partial charge in [0.1, 0.15) is 0 Å². The van der Waals surface area contributed by atoms with Crippen LogP contribution >= 0.6 is 15.9 Å². The van der Waals surface area contributed by atoms with Crippen molar-refractivity contribution >= 4 is 21.5 Å². The van der Waals surface area contributed by atoms with E-state index in [1.54, 1.807) is 11.1 Å². The van der Waals surface area contributed by atoms with E-state index in [0.29, 0.717) is 0 Å². The van der Waals surface area contributed by atoms with Gasteiger partial charge in [-0.3, -0.25) is 0 Å². The maximum atomic E-state index is 4.12. The van der Waals surface area contributed by atoms with Gasteiger partial charge in [0.15, 0.2) is 0 Å². The molecule has 0 aromatic heterocycles. The summed E-state index contributed by atoms with van der Waals surface area (Å²) in [5.74, 6) is 0. The predicted molar refractivity (Wildman–Crippen MR) is 70.8 cm³/mol. The van der Waals surface area contributed by atoms with Gasteiger partial charge in [0.05, 0.1) is 0 Å². The fourth-order valence-corrected chi connectivity index (χ4v) is 2.91. The van der Waals surface area contributed by atoms with Crippen LogP contribution in [0.15, 0.2) is 12.6 Å². The smallest absolute Gasteiger partial charge is 0.0283 e. The number of fused-ring (bicyclic) bond motifs is 1. The SMILES string of the molecule is C=C(CBr)c1cc(C)c2c(c1C)CCC2. The molecule has 1 aromatic rings. The number of rotatable bonds is 2. The highest BCUT2D eigenvalue weighted by Crippen LogP contribution is 2.33. The third kappa shape index (κ3) is 1.78. The van der Waals surface area contributed by atoms with Crippen molar-refractivity contribution in [3.63, 3.8) is 0 Å². The molecule has 0 fully saturated rings. The molecule has 0 saturated carbocycles. The van der Waals surface area contributed by atoms with Crippen LogP contribution in [0, 0.1) is 13.8 Å². The molecule has 1 aliphatic carbocycles. The molecule has 15 heavy (non-hydrogen) atoms. The van der Waals surface area contributed by atoms with Crippen LogP contribution in [0.1, 0.15) is 34.2 Å². The summed E-state index contributed by atoms with van der Waals surface area (Å²) in [6.07, 6.45) is 3.84. The number of benzene rings is 1. The second-order valence-corrected chi connectivity index (χ2v) is 4.97. The Morgan fingerprint density at radius 1 is 1.33 bits per heavy atom. The number of hydrogen-bond acceptors (Lipinski definition) is 0. The van der Waals surface area contributed by atoms with Gasteiger partial charge >= 0.3 is 0 Å². The molecular weight excluding hydrogens is 248 g/mol. The van der Waals surface area contributed by atoms with Crippen LogP contribution in [-0.2, 0) is 12.8 Å². The molecule has 0 saturated heterocycles. The number of allylic oxidation sites excluding steroid dienone is 1. The molecule has 0 unspecified atom stereocenters. The average Bonchev–Trinajstić information content (AvgIpc) is 2.71. The van der Waals surface area contributed by atoms with Crippen molar-refractivity contribution < 1.29 is 0 Å². The van der Waals surface area contributed by atoms with Gasteiger partial charge in [-0.1, -0.05) is 28.6 Å². The fraction of sp³-hybridized carbons (Fsp3) is 0.429. The lowest BCUT2D eigenvalue weighted by Crippen LogP contribution is -1.98. The summed E-state index contributed by atoms with van der Waals surface area (Å²) in [7, 11) is 0. The third-order valence-corrected chi connectivity index (χ3v) is 4.13. The lowest BCUT2D eigenvalue weighted by atomic mass is 9.92. The molecule has 1 aromatic carbocycles. The summed E-state index contributed by atoms with van der Waals surface area (Å²) in [6.45, 7) is 8.60. The number of alkyl halides is 1. The van der Waals surface area contributed by atoms with Crippen molar-refractivity contribution in [2.24, 2.45) is 0 Å². The van der Waals surface area contributed by atoms with Gasteiger partial charge in [0.2, 0.25) is 0 Å². The molecule has 0 nitrogen and oxygen atoms in total. The van der Waals surface area contributed by atoms with Crippen LogP contribution in [0.25, 0.3) is 5.57 Å². The Kier molecular flexibility index (Phi) is 3.01. The van der Waals surface area contributed by atoms with Crippen molar-refractivity contribution in [2.45, 2.75) is 33.1 Å². The molecule has 0 aliphatic heterocycles. The highest BCUT2D eigenvalue weighted by Gasteiger charge is 2.18. The van der Waals surface area contributed by atoms with Crippen LogP contribution < -0.4 is 0 Å². The molecule has 0 radical (unpaired) electrons. The van der Waals surface area contributed by atoms with Crippen LogP contribution in [0.2, 0.25) is 0 Å². The van der Waals surface area contributed by atoms with E-state index in [1.807, 2.05) is 0 Å². The van der Waals surface area contributed by atoms with Crippen LogP contribution in [0.3, 0.4) is 0 Å². The first-order valence-corrected chi connectivity index (χ1v) is 6.63. The minimum absolute atomic E-state index is 0.867. The first kappa shape index (κ1) is 10.9. The zero-order valence-corrected chi connectivity index (χ0v) is 11.1. The zero-order chi connectivity index (χ0) is 11.0. The first-order chi connectivity index (χ1) is 7.15. The number of hydrogen-bond donors (Lipinski definition) is 0. The molecule has 0 heterocycles. The van der Waals surface area contributed by atoms with Gasteiger partial charge in [-0.2, -0.15) is 0 Å². The zero-order valence-electron chi connectivity index (χ0n) is 9.49. The number of halogens is 1. The molecule has 0 atom stereocenters. The summed E-state index contributed by atoms with van der Waals surface area (Å²) in [4.78, 5) is 0. The first-order valence-electron chi connectivity index (χ1n) is 5.51. The minimum atomic E-state index is 0.867. The monoisotopic (exact) mass is 264 g/mol. The Labute approximate surface area is 101 Å². The van der Waals surface area contributed by atoms with Crippen molar-refractivity contribution in [2.75, 3.05) is 5.33 Å². The molecule has 0 N–H and O–H groups in total. The van der Waals surface area contributed by atoms with Gasteiger partial charge in [-0.25, -0.2) is 0 Å². The largest absolute Gasteiger partial charge is 0.0944 e. The Hall–Kier alpha value is -0.560. The van der Waals surface area contributed by atoms with Gasteiger partial charge in [-0.15, -0.1) is 0 Å². The van der Waals surface area contributed by atoms with Crippen LogP contribution in [0.5, 0.6) is 0 Å². The van der Waals surface area contributed by atoms with Crippen molar-refractivity contribution in [1.82, 2.24) is 0 Å². The molecule has 0 amide bonds. The summed E-state index contributed by atoms with van der Waals surface area (Å²) < 4.78 is 0. The Balaban J connectivity index is 2.59. The second-order valence-electron chi connectivity index (χ2n) is 4.41. The standard InChI is InChI=1S/C14H17Br/c1-9-7-14(10(2)8-15)11(3)13-6-4-5-12(9)13/h7H,2,4-6,8H2,1,3H3. The quantitative estimate of drug-likeness (QED) is 0.703. The molecule has 0 bridgehead atoms. The molecule has 0 spiro atoms. The maximum absolute atomic E-state index is 4.12. The Bertz CT molecular complexity index is 416. The molecule has 80 valence electrons. The normalized spacial score (nSPS) is 14.1. The molecular formula is C14H17Br. The Morgan fingerprint density at radius 2 is 2.00 bits per heavy atom. The van der Waals surface area contributed by atoms with E-state index in [2.05, 4.69) is 42.4 Å². The van der Waals surface area contributed by atoms with Crippen LogP contribution in [0.4, 0.5) is 0 Å². The van der Waals surface area contributed by atoms with Gasteiger partial charge in [0, 0.05) is 5.33 Å². The van der Waals surface area contributed by atoms with E-state index in [4.69, 9.17) is 0 Å². The third-order valence-electron chi connectivity index (χ3n) is 3.45. The number of aryl methyl sites for hydroxylation is 1.